The van der Waals surface area contributed by atoms with E-state index in [1.807, 2.05) is 91.1 Å². The molecule has 48 heavy (non-hydrogen) atoms. The molecule has 0 N–H and O–H groups in total. The highest BCUT2D eigenvalue weighted by atomic mass is 19.1. The van der Waals surface area contributed by atoms with E-state index in [2.05, 4.69) is 53.1 Å². The molecule has 0 fully saturated rings. The quantitative estimate of drug-likeness (QED) is 0.184. The van der Waals surface area contributed by atoms with Crippen molar-refractivity contribution in [1.82, 2.24) is 18.9 Å². The first kappa shape index (κ1) is 27.1. The largest absolute Gasteiger partial charge is 0.456 e. The lowest BCUT2D eigenvalue weighted by atomic mass is 9.72. The summed E-state index contributed by atoms with van der Waals surface area (Å²) in [6, 6.07) is 38.5. The van der Waals surface area contributed by atoms with Crippen LogP contribution in [0.4, 0.5) is 4.39 Å². The fourth-order valence-corrected chi connectivity index (χ4v) is 8.03. The van der Waals surface area contributed by atoms with Gasteiger partial charge in [0.15, 0.2) is 6.17 Å². The maximum atomic E-state index is 17.8. The zero-order chi connectivity index (χ0) is 32.1. The van der Waals surface area contributed by atoms with Gasteiger partial charge >= 0.3 is 0 Å². The van der Waals surface area contributed by atoms with Gasteiger partial charge in [-0.3, -0.25) is 8.97 Å². The van der Waals surface area contributed by atoms with Crippen LogP contribution in [0, 0.1) is 0 Å². The number of para-hydroxylation sites is 3. The Balaban J connectivity index is 1.30. The van der Waals surface area contributed by atoms with E-state index in [-0.39, 0.29) is 0 Å². The monoisotopic (exact) mass is 624 g/mol. The summed E-state index contributed by atoms with van der Waals surface area (Å²) >= 11 is 0. The predicted molar refractivity (Wildman–Crippen MR) is 190 cm³/mol. The van der Waals surface area contributed by atoms with Gasteiger partial charge in [0.1, 0.15) is 23.0 Å². The third-order valence-electron chi connectivity index (χ3n) is 10.2. The normalized spacial score (nSPS) is 14.4. The van der Waals surface area contributed by atoms with Crippen LogP contribution in [-0.2, 0) is 5.41 Å². The van der Waals surface area contributed by atoms with E-state index in [0.717, 1.165) is 71.8 Å². The number of rotatable bonds is 3. The number of nitrogens with zero attached hydrogens (tertiary/aromatic N) is 4. The summed E-state index contributed by atoms with van der Waals surface area (Å²) in [4.78, 5) is 9.44. The zero-order valence-corrected chi connectivity index (χ0v) is 26.4. The summed E-state index contributed by atoms with van der Waals surface area (Å²) in [5.74, 6) is 2.25. The second kappa shape index (κ2) is 9.75. The van der Waals surface area contributed by atoms with E-state index in [1.54, 1.807) is 12.4 Å². The molecule has 1 unspecified atom stereocenters. The van der Waals surface area contributed by atoms with E-state index in [4.69, 9.17) is 14.7 Å². The number of hydrogen-bond donors (Lipinski definition) is 0. The van der Waals surface area contributed by atoms with E-state index < -0.39 is 11.6 Å². The Morgan fingerprint density at radius 3 is 2.31 bits per heavy atom. The topological polar surface area (TPSA) is 44.4 Å². The van der Waals surface area contributed by atoms with E-state index >= 15 is 4.39 Å². The molecular formula is C42H29FN4O. The van der Waals surface area contributed by atoms with Crippen LogP contribution in [0.1, 0.15) is 42.3 Å². The van der Waals surface area contributed by atoms with Crippen molar-refractivity contribution in [2.75, 3.05) is 0 Å². The molecule has 5 nitrogen and oxygen atoms in total. The van der Waals surface area contributed by atoms with Gasteiger partial charge in [0.05, 0.1) is 21.9 Å². The molecule has 5 heterocycles. The lowest BCUT2D eigenvalue weighted by Gasteiger charge is -2.37. The fraction of sp³-hybridized carbons (Fsp3) is 0.0952. The Morgan fingerprint density at radius 1 is 0.688 bits per heavy atom. The third kappa shape index (κ3) is 3.60. The molecule has 230 valence electrons. The van der Waals surface area contributed by atoms with Crippen molar-refractivity contribution in [1.29, 1.82) is 0 Å². The van der Waals surface area contributed by atoms with Gasteiger partial charge in [0.25, 0.3) is 0 Å². The molecule has 0 spiro atoms. The first-order chi connectivity index (χ1) is 23.5. The lowest BCUT2D eigenvalue weighted by Crippen LogP contribution is -2.27. The Labute approximate surface area is 275 Å². The predicted octanol–water partition coefficient (Wildman–Crippen LogP) is 10.6. The number of halogens is 1. The maximum absolute atomic E-state index is 17.8. The van der Waals surface area contributed by atoms with Crippen molar-refractivity contribution >= 4 is 49.1 Å². The third-order valence-corrected chi connectivity index (χ3v) is 10.2. The highest BCUT2D eigenvalue weighted by molar-refractivity contribution is 6.14. The van der Waals surface area contributed by atoms with Gasteiger partial charge in [-0.15, -0.1) is 0 Å². The van der Waals surface area contributed by atoms with Crippen LogP contribution in [0.25, 0.3) is 54.9 Å². The molecule has 1 aliphatic heterocycles. The molecule has 0 radical (unpaired) electrons. The average molecular weight is 625 g/mol. The van der Waals surface area contributed by atoms with Gasteiger partial charge in [-0.05, 0) is 53.4 Å². The highest BCUT2D eigenvalue weighted by Crippen LogP contribution is 2.55. The molecule has 1 aliphatic rings. The highest BCUT2D eigenvalue weighted by Gasteiger charge is 2.40. The Morgan fingerprint density at radius 2 is 1.46 bits per heavy atom. The van der Waals surface area contributed by atoms with Crippen molar-refractivity contribution in [3.63, 3.8) is 0 Å². The molecule has 4 aromatic heterocycles. The van der Waals surface area contributed by atoms with Gasteiger partial charge in [-0.1, -0.05) is 86.6 Å². The first-order valence-corrected chi connectivity index (χ1v) is 16.2. The van der Waals surface area contributed by atoms with Crippen LogP contribution in [-0.4, -0.2) is 18.9 Å². The lowest BCUT2D eigenvalue weighted by molar-refractivity contribution is 0.379. The second-order valence-electron chi connectivity index (χ2n) is 13.1. The summed E-state index contributed by atoms with van der Waals surface area (Å²) in [6.45, 7) is 4.35. The van der Waals surface area contributed by atoms with E-state index in [9.17, 15) is 0 Å². The fourth-order valence-electron chi connectivity index (χ4n) is 8.03. The van der Waals surface area contributed by atoms with Crippen LogP contribution in [0.15, 0.2) is 134 Å². The van der Waals surface area contributed by atoms with Crippen LogP contribution < -0.4 is 4.74 Å². The molecule has 5 aromatic carbocycles. The second-order valence-corrected chi connectivity index (χ2v) is 13.1. The maximum Gasteiger partial charge on any atom is 0.151 e. The number of pyridine rings is 2. The molecule has 10 rings (SSSR count). The van der Waals surface area contributed by atoms with Crippen LogP contribution >= 0.6 is 0 Å². The minimum atomic E-state index is -1.45. The molecular weight excluding hydrogens is 595 g/mol. The summed E-state index contributed by atoms with van der Waals surface area (Å²) in [5, 5.41) is 5.05. The van der Waals surface area contributed by atoms with Gasteiger partial charge in [-0.2, -0.15) is 0 Å². The SMILES string of the molecule is CC1(C)c2ccccc2Oc2c1c(C(F)c1ccc3c4ccccc4n4ccnc4c3c1)cc1c2c2ccccc2n1-c1ccccn1. The average Bonchev–Trinajstić information content (AvgIpc) is 3.75. The molecule has 9 aromatic rings. The number of benzene rings is 5. The summed E-state index contributed by atoms with van der Waals surface area (Å²) in [7, 11) is 0. The van der Waals surface area contributed by atoms with Crippen LogP contribution in [0.2, 0.25) is 0 Å². The van der Waals surface area contributed by atoms with Crippen molar-refractivity contribution in [3.8, 4) is 17.3 Å². The molecule has 0 amide bonds. The Bertz CT molecular complexity index is 2760. The Hall–Kier alpha value is -6.01. The Kier molecular flexibility index (Phi) is 5.51. The van der Waals surface area contributed by atoms with Crippen molar-refractivity contribution < 1.29 is 9.13 Å². The number of hydrogen-bond acceptors (Lipinski definition) is 3. The summed E-state index contributed by atoms with van der Waals surface area (Å²) in [5.41, 5.74) is 6.21. The van der Waals surface area contributed by atoms with Crippen LogP contribution in [0.5, 0.6) is 11.5 Å². The van der Waals surface area contributed by atoms with Crippen molar-refractivity contribution in [2.45, 2.75) is 25.4 Å². The minimum Gasteiger partial charge on any atom is -0.456 e. The van der Waals surface area contributed by atoms with Crippen LogP contribution in [0.3, 0.4) is 0 Å². The van der Waals surface area contributed by atoms with E-state index in [1.165, 1.54) is 0 Å². The van der Waals surface area contributed by atoms with Crippen molar-refractivity contribution in [3.05, 3.63) is 156 Å². The molecule has 0 saturated heterocycles. The molecule has 0 bridgehead atoms. The number of alkyl halides is 1. The molecule has 0 saturated carbocycles. The summed E-state index contributed by atoms with van der Waals surface area (Å²) in [6.07, 6.45) is 4.11. The standard InChI is InChI=1S/C42H29FN4O/c1-42(2)31-13-5-8-16-35(31)48-40-37-28-12-4-7-15-33(28)47(36-17-9-10-20-44-36)34(37)24-30(38(40)42)39(43)25-18-19-26-27-11-3-6-14-32(27)46-22-21-45-41(46)29(26)23-25/h3-24,39H,1-2H3. The number of ether oxygens (including phenoxy) is 1. The van der Waals surface area contributed by atoms with Gasteiger partial charge in [0, 0.05) is 56.9 Å². The molecule has 0 aliphatic carbocycles. The molecule has 1 atom stereocenters. The van der Waals surface area contributed by atoms with Gasteiger partial charge < -0.3 is 4.74 Å². The van der Waals surface area contributed by atoms with Gasteiger partial charge in [0.2, 0.25) is 0 Å². The summed E-state index contributed by atoms with van der Waals surface area (Å²) < 4.78 is 28.8. The van der Waals surface area contributed by atoms with Gasteiger partial charge in [-0.25, -0.2) is 14.4 Å². The zero-order valence-electron chi connectivity index (χ0n) is 26.4. The molecule has 6 heteroatoms. The first-order valence-electron chi connectivity index (χ1n) is 16.2. The smallest absolute Gasteiger partial charge is 0.151 e. The van der Waals surface area contributed by atoms with E-state index in [0.29, 0.717) is 16.9 Å². The number of fused-ring (bicyclic) bond motifs is 12. The number of imidazole rings is 1. The van der Waals surface area contributed by atoms with Crippen molar-refractivity contribution in [2.24, 2.45) is 0 Å². The minimum absolute atomic E-state index is 0.546. The number of aromatic nitrogens is 4.